The summed E-state index contributed by atoms with van der Waals surface area (Å²) in [4.78, 5) is 43.7. The molecule has 10 nitrogen and oxygen atoms in total. The minimum atomic E-state index is -3.62. The summed E-state index contributed by atoms with van der Waals surface area (Å²) in [6, 6.07) is 5.95. The van der Waals surface area contributed by atoms with Crippen LogP contribution in [-0.2, 0) is 27.7 Å². The second-order valence-electron chi connectivity index (χ2n) is 10.6. The van der Waals surface area contributed by atoms with Crippen molar-refractivity contribution in [2.75, 3.05) is 44.6 Å². The van der Waals surface area contributed by atoms with Crippen LogP contribution in [0.3, 0.4) is 0 Å². The summed E-state index contributed by atoms with van der Waals surface area (Å²) >= 11 is 1.31. The maximum absolute atomic E-state index is 13.6. The Labute approximate surface area is 239 Å². The highest BCUT2D eigenvalue weighted by atomic mass is 32.2. The predicted molar refractivity (Wildman–Crippen MR) is 152 cm³/mol. The molecule has 0 unspecified atom stereocenters. The molecular formula is C28H36N4O6S2. The summed E-state index contributed by atoms with van der Waals surface area (Å²) < 4.78 is 32.8. The molecule has 2 aromatic rings. The number of fused-ring (bicyclic) bond motifs is 1. The molecule has 0 atom stereocenters. The Bertz CT molecular complexity index is 1370. The fraction of sp³-hybridized carbons (Fsp3) is 0.536. The van der Waals surface area contributed by atoms with E-state index in [0.717, 1.165) is 36.1 Å². The van der Waals surface area contributed by atoms with Gasteiger partial charge in [-0.05, 0) is 74.8 Å². The second kappa shape index (κ2) is 11.9. The first kappa shape index (κ1) is 28.6. The Morgan fingerprint density at radius 1 is 1.00 bits per heavy atom. The smallest absolute Gasteiger partial charge is 0.410 e. The number of thiophene rings is 1. The molecule has 0 saturated carbocycles. The normalized spacial score (nSPS) is 18.4. The van der Waals surface area contributed by atoms with Gasteiger partial charge in [-0.25, -0.2) is 13.2 Å². The molecule has 12 heteroatoms. The molecule has 3 aliphatic heterocycles. The van der Waals surface area contributed by atoms with Gasteiger partial charge in [0.25, 0.3) is 11.8 Å². The van der Waals surface area contributed by atoms with Crippen LogP contribution in [0.1, 0.15) is 70.7 Å². The van der Waals surface area contributed by atoms with Crippen LogP contribution in [0.4, 0.5) is 9.80 Å². The summed E-state index contributed by atoms with van der Waals surface area (Å²) in [5, 5.41) is 3.38. The molecule has 0 radical (unpaired) electrons. The molecule has 216 valence electrons. The molecule has 0 spiro atoms. The Morgan fingerprint density at radius 2 is 1.68 bits per heavy atom. The second-order valence-corrected chi connectivity index (χ2v) is 13.7. The number of piperidine rings is 1. The van der Waals surface area contributed by atoms with Crippen LogP contribution in [0.2, 0.25) is 0 Å². The Morgan fingerprint density at radius 3 is 2.33 bits per heavy atom. The molecule has 40 heavy (non-hydrogen) atoms. The maximum Gasteiger partial charge on any atom is 0.410 e. The average molecular weight is 589 g/mol. The minimum Gasteiger partial charge on any atom is -0.450 e. The van der Waals surface area contributed by atoms with Gasteiger partial charge < -0.3 is 19.9 Å². The van der Waals surface area contributed by atoms with Crippen molar-refractivity contribution in [3.63, 3.8) is 0 Å². The van der Waals surface area contributed by atoms with Gasteiger partial charge in [-0.15, -0.1) is 11.3 Å². The number of anilines is 1. The first-order valence-electron chi connectivity index (χ1n) is 14.0. The molecule has 3 amide bonds. The number of amides is 3. The van der Waals surface area contributed by atoms with Crippen molar-refractivity contribution in [2.45, 2.75) is 57.4 Å². The van der Waals surface area contributed by atoms with E-state index in [9.17, 15) is 22.8 Å². The summed E-state index contributed by atoms with van der Waals surface area (Å²) in [5.41, 5.74) is 1.66. The third kappa shape index (κ3) is 5.75. The van der Waals surface area contributed by atoms with Crippen molar-refractivity contribution in [2.24, 2.45) is 5.92 Å². The lowest BCUT2D eigenvalue weighted by Crippen LogP contribution is -2.37. The number of rotatable bonds is 6. The first-order chi connectivity index (χ1) is 19.2. The van der Waals surface area contributed by atoms with E-state index < -0.39 is 22.0 Å². The van der Waals surface area contributed by atoms with Gasteiger partial charge >= 0.3 is 6.09 Å². The molecule has 1 N–H and O–H groups in total. The van der Waals surface area contributed by atoms with Crippen molar-refractivity contribution >= 4 is 44.3 Å². The van der Waals surface area contributed by atoms with Crippen LogP contribution in [-0.4, -0.2) is 79.8 Å². The number of sulfonamides is 1. The zero-order valence-electron chi connectivity index (χ0n) is 23.0. The minimum absolute atomic E-state index is 0.104. The number of hydrogen-bond donors (Lipinski definition) is 1. The van der Waals surface area contributed by atoms with Crippen molar-refractivity contribution in [3.8, 4) is 0 Å². The Balaban J connectivity index is 1.37. The molecule has 0 aliphatic carbocycles. The summed E-state index contributed by atoms with van der Waals surface area (Å²) in [5.74, 6) is -0.0184. The van der Waals surface area contributed by atoms with E-state index in [1.54, 1.807) is 11.8 Å². The van der Waals surface area contributed by atoms with E-state index in [1.807, 2.05) is 4.90 Å². The largest absolute Gasteiger partial charge is 0.450 e. The van der Waals surface area contributed by atoms with Gasteiger partial charge in [-0.1, -0.05) is 6.92 Å². The number of nitrogens with zero attached hydrogens (tertiary/aromatic N) is 3. The lowest BCUT2D eigenvalue weighted by atomic mass is 10.0. The number of ether oxygens (including phenoxy) is 1. The highest BCUT2D eigenvalue weighted by Crippen LogP contribution is 2.39. The van der Waals surface area contributed by atoms with Crippen LogP contribution >= 0.6 is 11.3 Å². The SMILES string of the molecule is CCOC(=O)N1CCc2c(sc(NC(=O)c3ccc(S(=O)(=O)N4CCC(C)CC4)cc3)c2C(=O)N2CCCC2)C1. The van der Waals surface area contributed by atoms with Gasteiger partial charge in [0.1, 0.15) is 5.00 Å². The lowest BCUT2D eigenvalue weighted by molar-refractivity contribution is 0.0792. The Kier molecular flexibility index (Phi) is 8.48. The average Bonchev–Trinajstić information content (AvgIpc) is 3.61. The number of likely N-dealkylation sites (tertiary alicyclic amines) is 1. The standard InChI is InChI=1S/C28H36N4O6S2/c1-3-38-28(35)31-15-12-22-23(18-31)39-26(24(22)27(34)30-13-4-5-14-30)29-25(33)20-6-8-21(9-7-20)40(36,37)32-16-10-19(2)11-17-32/h6-9,19H,3-5,10-18H2,1-2H3,(H,29,33). The third-order valence-corrected chi connectivity index (χ3v) is 11.0. The Hall–Kier alpha value is -2.96. The molecule has 5 rings (SSSR count). The maximum atomic E-state index is 13.6. The van der Waals surface area contributed by atoms with Gasteiger partial charge in [0, 0.05) is 43.2 Å². The summed E-state index contributed by atoms with van der Waals surface area (Å²) in [6.45, 7) is 7.27. The molecule has 1 aromatic carbocycles. The number of carbonyl (C=O) groups is 3. The molecule has 1 aromatic heterocycles. The summed E-state index contributed by atoms with van der Waals surface area (Å²) in [7, 11) is -3.62. The van der Waals surface area contributed by atoms with E-state index in [2.05, 4.69) is 12.2 Å². The van der Waals surface area contributed by atoms with Crippen molar-refractivity contribution in [3.05, 3.63) is 45.8 Å². The van der Waals surface area contributed by atoms with Crippen LogP contribution in [0.15, 0.2) is 29.2 Å². The van der Waals surface area contributed by atoms with E-state index in [-0.39, 0.29) is 17.4 Å². The van der Waals surface area contributed by atoms with E-state index >= 15 is 0 Å². The zero-order chi connectivity index (χ0) is 28.4. The highest BCUT2D eigenvalue weighted by Gasteiger charge is 2.34. The van der Waals surface area contributed by atoms with E-state index in [1.165, 1.54) is 39.9 Å². The van der Waals surface area contributed by atoms with E-state index in [0.29, 0.717) is 67.7 Å². The number of carbonyl (C=O) groups excluding carboxylic acids is 3. The topological polar surface area (TPSA) is 116 Å². The monoisotopic (exact) mass is 588 g/mol. The van der Waals surface area contributed by atoms with Gasteiger partial charge in [0.15, 0.2) is 0 Å². The number of hydrogen-bond acceptors (Lipinski definition) is 7. The number of benzene rings is 1. The van der Waals surface area contributed by atoms with Crippen molar-refractivity contribution < 1.29 is 27.5 Å². The quantitative estimate of drug-likeness (QED) is 0.542. The molecule has 3 aliphatic rings. The van der Waals surface area contributed by atoms with Gasteiger partial charge in [-0.3, -0.25) is 9.59 Å². The van der Waals surface area contributed by atoms with Crippen molar-refractivity contribution in [1.29, 1.82) is 0 Å². The zero-order valence-corrected chi connectivity index (χ0v) is 24.6. The predicted octanol–water partition coefficient (Wildman–Crippen LogP) is 4.17. The van der Waals surface area contributed by atoms with Crippen LogP contribution < -0.4 is 5.32 Å². The molecule has 0 bridgehead atoms. The van der Waals surface area contributed by atoms with Crippen LogP contribution in [0.25, 0.3) is 0 Å². The highest BCUT2D eigenvalue weighted by molar-refractivity contribution is 7.89. The summed E-state index contributed by atoms with van der Waals surface area (Å²) in [6.07, 6.45) is 3.66. The third-order valence-electron chi connectivity index (χ3n) is 7.91. The van der Waals surface area contributed by atoms with Gasteiger partial charge in [0.2, 0.25) is 10.0 Å². The molecule has 2 fully saturated rings. The van der Waals surface area contributed by atoms with Crippen molar-refractivity contribution in [1.82, 2.24) is 14.1 Å². The fourth-order valence-electron chi connectivity index (χ4n) is 5.49. The number of nitrogens with one attached hydrogen (secondary N) is 1. The lowest BCUT2D eigenvalue weighted by Gasteiger charge is -2.29. The van der Waals surface area contributed by atoms with E-state index in [4.69, 9.17) is 4.74 Å². The first-order valence-corrected chi connectivity index (χ1v) is 16.2. The van der Waals surface area contributed by atoms with Gasteiger partial charge in [0.05, 0.1) is 23.6 Å². The van der Waals surface area contributed by atoms with Gasteiger partial charge in [-0.2, -0.15) is 4.31 Å². The molecule has 4 heterocycles. The van der Waals surface area contributed by atoms with Crippen LogP contribution in [0.5, 0.6) is 0 Å². The molecular weight excluding hydrogens is 552 g/mol. The molecule has 2 saturated heterocycles. The van der Waals surface area contributed by atoms with Crippen LogP contribution in [0, 0.1) is 5.92 Å². The fourth-order valence-corrected chi connectivity index (χ4v) is 8.21.